The predicted octanol–water partition coefficient (Wildman–Crippen LogP) is 3.65. The van der Waals surface area contributed by atoms with Gasteiger partial charge in [-0.25, -0.2) is 0 Å². The van der Waals surface area contributed by atoms with Crippen LogP contribution < -0.4 is 19.9 Å². The highest BCUT2D eigenvalue weighted by molar-refractivity contribution is 5.75. The summed E-state index contributed by atoms with van der Waals surface area (Å²) in [6, 6.07) is 17.8. The van der Waals surface area contributed by atoms with Gasteiger partial charge in [-0.2, -0.15) is 5.26 Å². The molecule has 3 aromatic rings. The Kier molecular flexibility index (Phi) is 5.14. The van der Waals surface area contributed by atoms with E-state index in [4.69, 9.17) is 24.4 Å². The van der Waals surface area contributed by atoms with Gasteiger partial charge in [0.1, 0.15) is 34.7 Å². The number of benzene rings is 2. The van der Waals surface area contributed by atoms with Crippen molar-refractivity contribution < 1.29 is 23.4 Å². The number of allylic oxidation sites excluding steroid dienone is 1. The molecule has 0 fully saturated rings. The molecule has 0 bridgehead atoms. The number of hydrogen-bond donors (Lipinski definition) is 1. The van der Waals surface area contributed by atoms with E-state index in [0.29, 0.717) is 28.6 Å². The number of nitrogens with zero attached hydrogens (tertiary/aromatic N) is 1. The minimum atomic E-state index is -0.488. The standard InChI is InChI=1S/C23H18N2O5/c1-27-15-6-4-14(5-7-15)11-21(26)29-16-8-9-17-20(12-16)30-23(25)18(13-24)22(17)19-3-2-10-28-19/h2-10,12,22H,11,25H2,1H3. The summed E-state index contributed by atoms with van der Waals surface area (Å²) in [7, 11) is 1.58. The molecule has 30 heavy (non-hydrogen) atoms. The van der Waals surface area contributed by atoms with E-state index in [1.165, 1.54) is 6.26 Å². The second kappa shape index (κ2) is 8.05. The lowest BCUT2D eigenvalue weighted by molar-refractivity contribution is -0.133. The molecule has 150 valence electrons. The van der Waals surface area contributed by atoms with Gasteiger partial charge in [-0.1, -0.05) is 18.2 Å². The van der Waals surface area contributed by atoms with Crippen LogP contribution in [0.1, 0.15) is 22.8 Å². The molecule has 0 amide bonds. The summed E-state index contributed by atoms with van der Waals surface area (Å²) in [5.74, 6) is 1.10. The van der Waals surface area contributed by atoms with Crippen LogP contribution in [0.4, 0.5) is 0 Å². The molecule has 0 spiro atoms. The fourth-order valence-electron chi connectivity index (χ4n) is 3.32. The van der Waals surface area contributed by atoms with Gasteiger partial charge in [-0.3, -0.25) is 4.79 Å². The molecule has 4 rings (SSSR count). The van der Waals surface area contributed by atoms with Gasteiger partial charge in [-0.15, -0.1) is 0 Å². The number of rotatable bonds is 5. The monoisotopic (exact) mass is 402 g/mol. The molecule has 0 radical (unpaired) electrons. The summed E-state index contributed by atoms with van der Waals surface area (Å²) in [6.45, 7) is 0. The molecular formula is C23H18N2O5. The maximum atomic E-state index is 12.3. The Bertz CT molecular complexity index is 1140. The Hall–Kier alpha value is -4.18. The van der Waals surface area contributed by atoms with E-state index < -0.39 is 11.9 Å². The van der Waals surface area contributed by atoms with Crippen LogP contribution in [-0.4, -0.2) is 13.1 Å². The second-order valence-electron chi connectivity index (χ2n) is 6.64. The van der Waals surface area contributed by atoms with E-state index in [0.717, 1.165) is 5.56 Å². The molecule has 1 aliphatic rings. The Morgan fingerprint density at radius 3 is 2.60 bits per heavy atom. The van der Waals surface area contributed by atoms with Gasteiger partial charge < -0.3 is 24.4 Å². The number of carbonyl (C=O) groups is 1. The average Bonchev–Trinajstić information content (AvgIpc) is 3.27. The van der Waals surface area contributed by atoms with E-state index in [1.54, 1.807) is 61.7 Å². The van der Waals surface area contributed by atoms with Crippen LogP contribution in [0.3, 0.4) is 0 Å². The number of carbonyl (C=O) groups excluding carboxylic acids is 1. The highest BCUT2D eigenvalue weighted by Crippen LogP contribution is 2.43. The average molecular weight is 402 g/mol. The largest absolute Gasteiger partial charge is 0.497 e. The summed E-state index contributed by atoms with van der Waals surface area (Å²) in [4.78, 5) is 12.3. The van der Waals surface area contributed by atoms with Crippen molar-refractivity contribution in [2.45, 2.75) is 12.3 Å². The lowest BCUT2D eigenvalue weighted by atomic mass is 9.87. The Labute approximate surface area is 172 Å². The number of ether oxygens (including phenoxy) is 3. The number of esters is 1. The molecule has 1 atom stereocenters. The van der Waals surface area contributed by atoms with E-state index in [9.17, 15) is 10.1 Å². The SMILES string of the molecule is COc1ccc(CC(=O)Oc2ccc3c(c2)OC(N)=C(C#N)C3c2ccco2)cc1. The number of fused-ring (bicyclic) bond motifs is 1. The van der Waals surface area contributed by atoms with E-state index in [-0.39, 0.29) is 17.9 Å². The Morgan fingerprint density at radius 1 is 1.17 bits per heavy atom. The maximum Gasteiger partial charge on any atom is 0.315 e. The van der Waals surface area contributed by atoms with Crippen molar-refractivity contribution in [2.75, 3.05) is 7.11 Å². The third-order valence-corrected chi connectivity index (χ3v) is 4.76. The van der Waals surface area contributed by atoms with Crippen LogP contribution in [0.2, 0.25) is 0 Å². The van der Waals surface area contributed by atoms with Crippen molar-refractivity contribution in [3.8, 4) is 23.3 Å². The molecule has 0 saturated carbocycles. The number of nitriles is 1. The van der Waals surface area contributed by atoms with Crippen molar-refractivity contribution in [1.29, 1.82) is 5.26 Å². The highest BCUT2D eigenvalue weighted by Gasteiger charge is 2.32. The zero-order chi connectivity index (χ0) is 21.1. The smallest absolute Gasteiger partial charge is 0.315 e. The highest BCUT2D eigenvalue weighted by atomic mass is 16.5. The second-order valence-corrected chi connectivity index (χ2v) is 6.64. The number of methoxy groups -OCH3 is 1. The van der Waals surface area contributed by atoms with Gasteiger partial charge in [0.05, 0.1) is 25.7 Å². The lowest BCUT2D eigenvalue weighted by Gasteiger charge is -2.25. The van der Waals surface area contributed by atoms with E-state index in [1.807, 2.05) is 0 Å². The van der Waals surface area contributed by atoms with Crippen molar-refractivity contribution in [3.05, 3.63) is 89.2 Å². The molecule has 2 heterocycles. The van der Waals surface area contributed by atoms with Crippen molar-refractivity contribution in [3.63, 3.8) is 0 Å². The van der Waals surface area contributed by atoms with E-state index >= 15 is 0 Å². The van der Waals surface area contributed by atoms with Gasteiger partial charge in [-0.05, 0) is 35.9 Å². The predicted molar refractivity (Wildman–Crippen MR) is 107 cm³/mol. The molecular weight excluding hydrogens is 384 g/mol. The number of hydrogen-bond acceptors (Lipinski definition) is 7. The third kappa shape index (κ3) is 3.71. The molecule has 2 N–H and O–H groups in total. The summed E-state index contributed by atoms with van der Waals surface area (Å²) in [5.41, 5.74) is 7.72. The molecule has 7 nitrogen and oxygen atoms in total. The van der Waals surface area contributed by atoms with Crippen LogP contribution in [0.5, 0.6) is 17.2 Å². The van der Waals surface area contributed by atoms with Crippen LogP contribution in [0.25, 0.3) is 0 Å². The van der Waals surface area contributed by atoms with Gasteiger partial charge in [0.15, 0.2) is 0 Å². The van der Waals surface area contributed by atoms with Gasteiger partial charge in [0.2, 0.25) is 5.88 Å². The first-order valence-corrected chi connectivity index (χ1v) is 9.17. The number of furan rings is 1. The first-order valence-electron chi connectivity index (χ1n) is 9.17. The van der Waals surface area contributed by atoms with Crippen molar-refractivity contribution in [1.82, 2.24) is 0 Å². The van der Waals surface area contributed by atoms with Gasteiger partial charge >= 0.3 is 5.97 Å². The molecule has 7 heteroatoms. The quantitative estimate of drug-likeness (QED) is 0.512. The Morgan fingerprint density at radius 2 is 1.93 bits per heavy atom. The fraction of sp³-hybridized carbons (Fsp3) is 0.130. The van der Waals surface area contributed by atoms with E-state index in [2.05, 4.69) is 6.07 Å². The minimum Gasteiger partial charge on any atom is -0.497 e. The Balaban J connectivity index is 1.55. The zero-order valence-corrected chi connectivity index (χ0v) is 16.1. The van der Waals surface area contributed by atoms with Gasteiger partial charge in [0.25, 0.3) is 0 Å². The topological polar surface area (TPSA) is 108 Å². The summed E-state index contributed by atoms with van der Waals surface area (Å²) in [6.07, 6.45) is 1.64. The van der Waals surface area contributed by atoms with Crippen LogP contribution in [-0.2, 0) is 11.2 Å². The zero-order valence-electron chi connectivity index (χ0n) is 16.1. The first-order chi connectivity index (χ1) is 14.6. The fourth-order valence-corrected chi connectivity index (χ4v) is 3.32. The summed E-state index contributed by atoms with van der Waals surface area (Å²) >= 11 is 0. The molecule has 2 aromatic carbocycles. The number of nitrogens with two attached hydrogens (primary N) is 1. The van der Waals surface area contributed by atoms with Crippen molar-refractivity contribution >= 4 is 5.97 Å². The van der Waals surface area contributed by atoms with Gasteiger partial charge in [0, 0.05) is 11.6 Å². The normalized spacial score (nSPS) is 15.0. The third-order valence-electron chi connectivity index (χ3n) is 4.76. The molecule has 1 aliphatic heterocycles. The van der Waals surface area contributed by atoms with Crippen LogP contribution >= 0.6 is 0 Å². The molecule has 0 saturated heterocycles. The summed E-state index contributed by atoms with van der Waals surface area (Å²) < 4.78 is 21.7. The van der Waals surface area contributed by atoms with Crippen LogP contribution in [0.15, 0.2) is 76.7 Å². The molecule has 0 aliphatic carbocycles. The van der Waals surface area contributed by atoms with Crippen molar-refractivity contribution in [2.24, 2.45) is 5.73 Å². The first kappa shape index (κ1) is 19.2. The summed E-state index contributed by atoms with van der Waals surface area (Å²) in [5, 5.41) is 9.52. The lowest BCUT2D eigenvalue weighted by Crippen LogP contribution is -2.21. The minimum absolute atomic E-state index is 0.00638. The van der Waals surface area contributed by atoms with Crippen LogP contribution in [0, 0.1) is 11.3 Å². The maximum absolute atomic E-state index is 12.3. The molecule has 1 unspecified atom stereocenters. The molecule has 1 aromatic heterocycles.